The summed E-state index contributed by atoms with van der Waals surface area (Å²) < 4.78 is 42.9. The van der Waals surface area contributed by atoms with E-state index in [9.17, 15) is 32.3 Å². The molecule has 0 fully saturated rings. The van der Waals surface area contributed by atoms with Gasteiger partial charge in [-0.2, -0.15) is 24.9 Å². The molecule has 55 heavy (non-hydrogen) atoms. The van der Waals surface area contributed by atoms with E-state index in [-0.39, 0.29) is 30.1 Å². The fourth-order valence-corrected chi connectivity index (χ4v) is 6.32. The first kappa shape index (κ1) is 54.5. The highest BCUT2D eigenvalue weighted by Gasteiger charge is 2.38. The summed E-state index contributed by atoms with van der Waals surface area (Å²) in [7, 11) is 0. The Morgan fingerprint density at radius 2 is 1.04 bits per heavy atom. The van der Waals surface area contributed by atoms with Gasteiger partial charge in [0.2, 0.25) is 5.91 Å². The molecule has 0 aromatic heterocycles. The van der Waals surface area contributed by atoms with Crippen molar-refractivity contribution in [2.45, 2.75) is 192 Å². The summed E-state index contributed by atoms with van der Waals surface area (Å²) in [6.45, 7) is 3.64. The van der Waals surface area contributed by atoms with Crippen molar-refractivity contribution < 1.29 is 61.9 Å². The van der Waals surface area contributed by atoms with Gasteiger partial charge in [-0.3, -0.25) is 14.4 Å². The largest absolute Gasteiger partial charge is 0.490 e. The third-order valence-corrected chi connectivity index (χ3v) is 9.88. The molecule has 0 aromatic carbocycles. The van der Waals surface area contributed by atoms with E-state index in [0.29, 0.717) is 12.8 Å². The summed E-state index contributed by atoms with van der Waals surface area (Å²) in [6.07, 6.45) is 21.0. The Morgan fingerprint density at radius 3 is 1.40 bits per heavy atom. The number of aliphatic hydroxyl groups excluding tert-OH is 1. The minimum absolute atomic E-state index is 0.0686. The van der Waals surface area contributed by atoms with Gasteiger partial charge in [-0.15, -0.1) is 0 Å². The number of rotatable bonds is 35. The van der Waals surface area contributed by atoms with Gasteiger partial charge >= 0.3 is 30.1 Å². The zero-order valence-corrected chi connectivity index (χ0v) is 34.2. The number of hydrogen-bond acceptors (Lipinski definition) is 10. The molecular formula is C39H71F3N2O10S. The van der Waals surface area contributed by atoms with Gasteiger partial charge in [0.1, 0.15) is 18.8 Å². The first-order valence-corrected chi connectivity index (χ1v) is 21.5. The van der Waals surface area contributed by atoms with Gasteiger partial charge in [-0.05, 0) is 12.8 Å². The Hall–Kier alpha value is -2.59. The van der Waals surface area contributed by atoms with E-state index in [2.05, 4.69) is 19.2 Å². The zero-order valence-electron chi connectivity index (χ0n) is 33.3. The normalized spacial score (nSPS) is 12.9. The van der Waals surface area contributed by atoms with Crippen molar-refractivity contribution in [2.75, 3.05) is 24.7 Å². The fourth-order valence-electron chi connectivity index (χ4n) is 5.35. The number of aliphatic carboxylic acids is 2. The maximum absolute atomic E-state index is 12.6. The Balaban J connectivity index is 0. The molecule has 3 atom stereocenters. The van der Waals surface area contributed by atoms with Gasteiger partial charge < -0.3 is 35.8 Å². The third kappa shape index (κ3) is 36.8. The van der Waals surface area contributed by atoms with Crippen LogP contribution in [0.2, 0.25) is 0 Å². The number of ether oxygens (including phenoxy) is 2. The number of aliphatic hydroxyl groups is 1. The molecule has 0 spiro atoms. The van der Waals surface area contributed by atoms with E-state index in [1.54, 1.807) is 0 Å². The van der Waals surface area contributed by atoms with Crippen LogP contribution in [-0.4, -0.2) is 94.2 Å². The van der Waals surface area contributed by atoms with Crippen molar-refractivity contribution in [2.24, 2.45) is 5.73 Å². The van der Waals surface area contributed by atoms with Crippen molar-refractivity contribution in [3.8, 4) is 0 Å². The van der Waals surface area contributed by atoms with Crippen LogP contribution in [0.4, 0.5) is 13.2 Å². The van der Waals surface area contributed by atoms with Crippen LogP contribution in [-0.2, 0) is 33.4 Å². The van der Waals surface area contributed by atoms with Crippen LogP contribution in [0.3, 0.4) is 0 Å². The molecule has 0 bridgehead atoms. The second-order valence-corrected chi connectivity index (χ2v) is 15.0. The van der Waals surface area contributed by atoms with Crippen LogP contribution in [0.25, 0.3) is 0 Å². The number of carboxylic acids is 2. The van der Waals surface area contributed by atoms with E-state index in [0.717, 1.165) is 38.5 Å². The SMILES string of the molecule is CCCCCCCCCCCCCC(=O)OC[C@H](CSC[C@H](N)C(=O)N[C@@H](CO)C(=O)O)OC(=O)CCCCCCCCCCCCC.O=C(O)C(F)(F)F. The molecule has 0 unspecified atom stereocenters. The minimum atomic E-state index is -5.08. The van der Waals surface area contributed by atoms with Crippen LogP contribution in [0, 0.1) is 0 Å². The number of carbonyl (C=O) groups excluding carboxylic acids is 3. The Morgan fingerprint density at radius 1 is 0.655 bits per heavy atom. The summed E-state index contributed by atoms with van der Waals surface area (Å²) in [6, 6.07) is -2.46. The van der Waals surface area contributed by atoms with Gasteiger partial charge in [0.25, 0.3) is 0 Å². The van der Waals surface area contributed by atoms with E-state index < -0.39 is 48.8 Å². The zero-order chi connectivity index (χ0) is 41.7. The first-order chi connectivity index (χ1) is 26.2. The van der Waals surface area contributed by atoms with E-state index in [1.165, 1.54) is 114 Å². The summed E-state index contributed by atoms with van der Waals surface area (Å²) in [5, 5.41) is 27.5. The number of unbranched alkanes of at least 4 members (excludes halogenated alkanes) is 20. The lowest BCUT2D eigenvalue weighted by Gasteiger charge is -2.19. The summed E-state index contributed by atoms with van der Waals surface area (Å²) in [4.78, 5) is 57.3. The smallest absolute Gasteiger partial charge is 0.480 e. The van der Waals surface area contributed by atoms with Gasteiger partial charge in [-0.1, -0.05) is 142 Å². The molecule has 0 aliphatic heterocycles. The number of thioether (sulfide) groups is 1. The summed E-state index contributed by atoms with van der Waals surface area (Å²) >= 11 is 1.25. The number of nitrogens with two attached hydrogens (primary N) is 1. The Kier molecular flexibility index (Phi) is 36.7. The maximum Gasteiger partial charge on any atom is 0.490 e. The molecule has 324 valence electrons. The van der Waals surface area contributed by atoms with Gasteiger partial charge in [0.05, 0.1) is 12.6 Å². The van der Waals surface area contributed by atoms with Crippen LogP contribution < -0.4 is 11.1 Å². The molecule has 12 nitrogen and oxygen atoms in total. The number of amides is 1. The predicted molar refractivity (Wildman–Crippen MR) is 209 cm³/mol. The molecule has 0 saturated heterocycles. The highest BCUT2D eigenvalue weighted by Crippen LogP contribution is 2.16. The lowest BCUT2D eigenvalue weighted by atomic mass is 10.1. The van der Waals surface area contributed by atoms with Crippen molar-refractivity contribution in [3.63, 3.8) is 0 Å². The second kappa shape index (κ2) is 37.0. The quantitative estimate of drug-likeness (QED) is 0.0304. The van der Waals surface area contributed by atoms with Crippen LogP contribution in [0.5, 0.6) is 0 Å². The highest BCUT2D eigenvalue weighted by atomic mass is 32.2. The van der Waals surface area contributed by atoms with E-state index in [4.69, 9.17) is 35.3 Å². The minimum Gasteiger partial charge on any atom is -0.480 e. The van der Waals surface area contributed by atoms with Gasteiger partial charge in [-0.25, -0.2) is 9.59 Å². The lowest BCUT2D eigenvalue weighted by molar-refractivity contribution is -0.192. The molecule has 0 rings (SSSR count). The predicted octanol–water partition coefficient (Wildman–Crippen LogP) is 8.10. The molecule has 0 heterocycles. The molecule has 0 aliphatic rings. The van der Waals surface area contributed by atoms with Crippen molar-refractivity contribution in [3.05, 3.63) is 0 Å². The number of hydrogen-bond donors (Lipinski definition) is 5. The third-order valence-electron chi connectivity index (χ3n) is 8.67. The second-order valence-electron chi connectivity index (χ2n) is 13.9. The average Bonchev–Trinajstić information content (AvgIpc) is 3.13. The number of nitrogens with one attached hydrogen (secondary N) is 1. The molecule has 0 radical (unpaired) electrons. The number of alkyl halides is 3. The molecule has 16 heteroatoms. The Bertz CT molecular complexity index is 1010. The monoisotopic (exact) mass is 816 g/mol. The molecule has 6 N–H and O–H groups in total. The summed E-state index contributed by atoms with van der Waals surface area (Å²) in [5.41, 5.74) is 5.91. The van der Waals surface area contributed by atoms with Gasteiger partial charge in [0.15, 0.2) is 0 Å². The maximum atomic E-state index is 12.6. The molecule has 0 aliphatic carbocycles. The Labute approximate surface area is 331 Å². The van der Waals surface area contributed by atoms with Crippen LogP contribution in [0.15, 0.2) is 0 Å². The van der Waals surface area contributed by atoms with Crippen molar-refractivity contribution in [1.29, 1.82) is 0 Å². The topological polar surface area (TPSA) is 203 Å². The molecule has 1 amide bonds. The van der Waals surface area contributed by atoms with Crippen molar-refractivity contribution >= 4 is 41.5 Å². The standard InChI is InChI=1S/C37H70N2O8S.C2HF3O2/c1-3-5-7-9-11-13-15-17-19-21-23-25-34(41)46-28-31(29-48-30-32(38)36(43)39-33(27-40)37(44)45)47-35(42)26-24-22-20-18-16-14-12-10-8-6-4-2;3-2(4,5)1(6)7/h31-33,40H,3-30,38H2,1-2H3,(H,39,43)(H,44,45);(H,6,7)/t31-,32+,33+;/m1./s1. The van der Waals surface area contributed by atoms with E-state index in [1.807, 2.05) is 0 Å². The number of halogens is 3. The van der Waals surface area contributed by atoms with Gasteiger partial charge in [0, 0.05) is 24.3 Å². The molecular weight excluding hydrogens is 745 g/mol. The average molecular weight is 817 g/mol. The lowest BCUT2D eigenvalue weighted by Crippen LogP contribution is -2.50. The highest BCUT2D eigenvalue weighted by molar-refractivity contribution is 7.99. The van der Waals surface area contributed by atoms with Crippen LogP contribution in [0.1, 0.15) is 168 Å². The first-order valence-electron chi connectivity index (χ1n) is 20.3. The van der Waals surface area contributed by atoms with E-state index >= 15 is 0 Å². The number of carbonyl (C=O) groups is 5. The number of carboxylic acid groups (broad SMARTS) is 2. The summed E-state index contributed by atoms with van der Waals surface area (Å²) in [5.74, 6) is -5.08. The van der Waals surface area contributed by atoms with Crippen molar-refractivity contribution in [1.82, 2.24) is 5.32 Å². The van der Waals surface area contributed by atoms with Crippen LogP contribution >= 0.6 is 11.8 Å². The number of esters is 2. The molecule has 0 aromatic rings. The fraction of sp³-hybridized carbons (Fsp3) is 0.872. The molecule has 0 saturated carbocycles.